The summed E-state index contributed by atoms with van der Waals surface area (Å²) >= 11 is 8.06. The van der Waals surface area contributed by atoms with Crippen molar-refractivity contribution in [1.82, 2.24) is 4.90 Å². The maximum Gasteiger partial charge on any atom is 0.255 e. The van der Waals surface area contributed by atoms with E-state index in [0.29, 0.717) is 5.02 Å². The van der Waals surface area contributed by atoms with Crippen LogP contribution in [-0.4, -0.2) is 23.1 Å². The minimum Gasteiger partial charge on any atom is -0.315 e. The van der Waals surface area contributed by atoms with E-state index in [9.17, 15) is 4.79 Å². The number of rotatable bonds is 2. The maximum atomic E-state index is 12.8. The molecule has 0 radical (unpaired) electrons. The lowest BCUT2D eigenvalue weighted by Crippen LogP contribution is -2.37. The van der Waals surface area contributed by atoms with Crippen LogP contribution < -0.4 is 0 Å². The predicted molar refractivity (Wildman–Crippen MR) is 91.5 cm³/mol. The van der Waals surface area contributed by atoms with Crippen LogP contribution in [0.5, 0.6) is 0 Å². The Bertz CT molecular complexity index is 775. The van der Waals surface area contributed by atoms with Crippen molar-refractivity contribution in [3.05, 3.63) is 69.7 Å². The molecule has 2 aliphatic rings. The van der Waals surface area contributed by atoms with Crippen molar-refractivity contribution < 1.29 is 4.79 Å². The molecule has 2 heterocycles. The van der Waals surface area contributed by atoms with E-state index in [2.05, 4.69) is 31.2 Å². The molecule has 4 heteroatoms. The Morgan fingerprint density at radius 3 is 2.95 bits per heavy atom. The number of hydrogen-bond acceptors (Lipinski definition) is 2. The fourth-order valence-electron chi connectivity index (χ4n) is 3.51. The number of benzene rings is 2. The van der Waals surface area contributed by atoms with Gasteiger partial charge in [0.25, 0.3) is 5.91 Å². The van der Waals surface area contributed by atoms with Gasteiger partial charge in [-0.3, -0.25) is 4.79 Å². The van der Waals surface area contributed by atoms with E-state index in [4.69, 9.17) is 11.6 Å². The quantitative estimate of drug-likeness (QED) is 0.818. The van der Waals surface area contributed by atoms with Crippen LogP contribution in [0.25, 0.3) is 0 Å². The highest BCUT2D eigenvalue weighted by atomic mass is 35.5. The molecule has 4 rings (SSSR count). The third kappa shape index (κ3) is 1.79. The first-order chi connectivity index (χ1) is 10.7. The van der Waals surface area contributed by atoms with Crippen LogP contribution in [0.15, 0.2) is 42.5 Å². The van der Waals surface area contributed by atoms with Gasteiger partial charge in [-0.25, -0.2) is 0 Å². The topological polar surface area (TPSA) is 20.3 Å². The van der Waals surface area contributed by atoms with Gasteiger partial charge in [0.05, 0.1) is 0 Å². The first-order valence-electron chi connectivity index (χ1n) is 7.52. The lowest BCUT2D eigenvalue weighted by Gasteiger charge is -2.33. The van der Waals surface area contributed by atoms with Crippen LogP contribution in [0.3, 0.4) is 0 Å². The lowest BCUT2D eigenvalue weighted by molar-refractivity contribution is 0.0752. The van der Waals surface area contributed by atoms with Gasteiger partial charge in [0.15, 0.2) is 0 Å². The fraction of sp³-hybridized carbons (Fsp3) is 0.278. The van der Waals surface area contributed by atoms with Crippen molar-refractivity contribution in [2.24, 2.45) is 0 Å². The molecule has 112 valence electrons. The molecule has 2 nitrogen and oxygen atoms in total. The summed E-state index contributed by atoms with van der Waals surface area (Å²) in [6.45, 7) is 2.94. The molecule has 0 spiro atoms. The van der Waals surface area contributed by atoms with Gasteiger partial charge in [0.1, 0.15) is 4.87 Å². The zero-order chi connectivity index (χ0) is 15.3. The van der Waals surface area contributed by atoms with E-state index in [1.807, 2.05) is 28.8 Å². The third-order valence-electron chi connectivity index (χ3n) is 4.55. The van der Waals surface area contributed by atoms with Gasteiger partial charge in [-0.1, -0.05) is 42.8 Å². The highest BCUT2D eigenvalue weighted by Crippen LogP contribution is 2.55. The van der Waals surface area contributed by atoms with Crippen molar-refractivity contribution in [1.29, 1.82) is 0 Å². The average molecular weight is 330 g/mol. The second-order valence-corrected chi connectivity index (χ2v) is 7.42. The van der Waals surface area contributed by atoms with Crippen LogP contribution in [0, 0.1) is 0 Å². The Morgan fingerprint density at radius 1 is 1.27 bits per heavy atom. The minimum atomic E-state index is -0.400. The van der Waals surface area contributed by atoms with Gasteiger partial charge >= 0.3 is 0 Å². The first kappa shape index (κ1) is 14.2. The standard InChI is InChI=1S/C18H16ClNOS/c1-2-12-4-3-5-13(10-12)18-16-11-14(19)6-7-15(16)17(21)20(18)8-9-22-18/h3-7,10-11H,2,8-9H2,1H3. The largest absolute Gasteiger partial charge is 0.315 e. The van der Waals surface area contributed by atoms with Gasteiger partial charge in [0, 0.05) is 28.4 Å². The number of amides is 1. The molecule has 22 heavy (non-hydrogen) atoms. The molecule has 2 aliphatic heterocycles. The molecule has 1 atom stereocenters. The van der Waals surface area contributed by atoms with Crippen molar-refractivity contribution >= 4 is 29.3 Å². The highest BCUT2D eigenvalue weighted by molar-refractivity contribution is 8.00. The molecule has 1 saturated heterocycles. The molecule has 0 saturated carbocycles. The Morgan fingerprint density at radius 2 is 2.14 bits per heavy atom. The smallest absolute Gasteiger partial charge is 0.255 e. The Hall–Kier alpha value is -1.45. The van der Waals surface area contributed by atoms with Crippen LogP contribution in [0.2, 0.25) is 5.02 Å². The molecule has 0 aromatic heterocycles. The van der Waals surface area contributed by atoms with Crippen LogP contribution >= 0.6 is 23.4 Å². The average Bonchev–Trinajstić information content (AvgIpc) is 3.08. The number of carbonyl (C=O) groups is 1. The molecule has 1 amide bonds. The third-order valence-corrected chi connectivity index (χ3v) is 6.27. The molecule has 2 aromatic carbocycles. The van der Waals surface area contributed by atoms with Crippen molar-refractivity contribution in [3.8, 4) is 0 Å². The zero-order valence-electron chi connectivity index (χ0n) is 12.3. The van der Waals surface area contributed by atoms with E-state index >= 15 is 0 Å². The monoisotopic (exact) mass is 329 g/mol. The van der Waals surface area contributed by atoms with Crippen molar-refractivity contribution in [2.45, 2.75) is 18.2 Å². The second-order valence-electron chi connectivity index (χ2n) is 5.69. The maximum absolute atomic E-state index is 12.8. The number of halogens is 1. The lowest BCUT2D eigenvalue weighted by atomic mass is 9.95. The molecular formula is C18H16ClNOS. The van der Waals surface area contributed by atoms with E-state index < -0.39 is 4.87 Å². The van der Waals surface area contributed by atoms with Crippen LogP contribution in [0.4, 0.5) is 0 Å². The number of aryl methyl sites for hydroxylation is 1. The Kier molecular flexibility index (Phi) is 3.24. The first-order valence-corrected chi connectivity index (χ1v) is 8.88. The minimum absolute atomic E-state index is 0.124. The number of fused-ring (bicyclic) bond motifs is 3. The molecule has 1 unspecified atom stereocenters. The summed E-state index contributed by atoms with van der Waals surface area (Å²) in [5.41, 5.74) is 4.31. The Balaban J connectivity index is 1.99. The number of thioether (sulfide) groups is 1. The summed E-state index contributed by atoms with van der Waals surface area (Å²) in [5.74, 6) is 1.08. The summed E-state index contributed by atoms with van der Waals surface area (Å²) < 4.78 is 0. The number of hydrogen-bond donors (Lipinski definition) is 0. The molecule has 0 bridgehead atoms. The predicted octanol–water partition coefficient (Wildman–Crippen LogP) is 4.31. The van der Waals surface area contributed by atoms with Crippen molar-refractivity contribution in [3.63, 3.8) is 0 Å². The summed E-state index contributed by atoms with van der Waals surface area (Å²) in [4.78, 5) is 14.4. The van der Waals surface area contributed by atoms with Crippen LogP contribution in [0.1, 0.15) is 34.0 Å². The van der Waals surface area contributed by atoms with E-state index in [0.717, 1.165) is 29.8 Å². The molecule has 0 aliphatic carbocycles. The number of nitrogens with zero attached hydrogens (tertiary/aromatic N) is 1. The SMILES string of the molecule is CCc1cccc(C23SCCN2C(=O)c2ccc(Cl)cc23)c1. The number of carbonyl (C=O) groups excluding carboxylic acids is 1. The van der Waals surface area contributed by atoms with Gasteiger partial charge in [-0.2, -0.15) is 0 Å². The summed E-state index contributed by atoms with van der Waals surface area (Å²) in [6.07, 6.45) is 0.991. The van der Waals surface area contributed by atoms with Gasteiger partial charge < -0.3 is 4.90 Å². The van der Waals surface area contributed by atoms with Gasteiger partial charge in [-0.15, -0.1) is 11.8 Å². The summed E-state index contributed by atoms with van der Waals surface area (Å²) in [6, 6.07) is 14.2. The molecule has 2 aromatic rings. The molecule has 0 N–H and O–H groups in total. The van der Waals surface area contributed by atoms with E-state index in [-0.39, 0.29) is 5.91 Å². The second kappa shape index (κ2) is 5.04. The summed E-state index contributed by atoms with van der Waals surface area (Å²) in [7, 11) is 0. The fourth-order valence-corrected chi connectivity index (χ4v) is 5.20. The Labute approximate surface area is 139 Å². The molecule has 1 fully saturated rings. The van der Waals surface area contributed by atoms with Crippen LogP contribution in [-0.2, 0) is 11.3 Å². The normalized spacial score (nSPS) is 22.8. The zero-order valence-corrected chi connectivity index (χ0v) is 13.9. The molecular weight excluding hydrogens is 314 g/mol. The van der Waals surface area contributed by atoms with Crippen molar-refractivity contribution in [2.75, 3.05) is 12.3 Å². The van der Waals surface area contributed by atoms with Gasteiger partial charge in [-0.05, 0) is 35.7 Å². The summed E-state index contributed by atoms with van der Waals surface area (Å²) in [5, 5.41) is 0.687. The van der Waals surface area contributed by atoms with Gasteiger partial charge in [0.2, 0.25) is 0 Å². The van der Waals surface area contributed by atoms with E-state index in [1.165, 1.54) is 11.1 Å². The van der Waals surface area contributed by atoms with E-state index in [1.54, 1.807) is 6.07 Å². The highest BCUT2D eigenvalue weighted by Gasteiger charge is 2.54.